The smallest absolute Gasteiger partial charge is 0.245 e. The van der Waals surface area contributed by atoms with E-state index in [0.717, 1.165) is 38.4 Å². The Hall–Kier alpha value is -2.75. The van der Waals surface area contributed by atoms with Crippen molar-refractivity contribution in [3.8, 4) is 11.3 Å². The normalized spacial score (nSPS) is 19.5. The van der Waals surface area contributed by atoms with E-state index in [2.05, 4.69) is 26.0 Å². The van der Waals surface area contributed by atoms with Gasteiger partial charge >= 0.3 is 0 Å². The SMILES string of the molecule is CN1NC(C(=O)Nc2cc(-c3cccc(NCC4CCOCC4)n3)c(Cl)cn2)CC1=O. The van der Waals surface area contributed by atoms with Crippen molar-refractivity contribution in [3.63, 3.8) is 0 Å². The molecule has 2 aromatic rings. The van der Waals surface area contributed by atoms with Crippen molar-refractivity contribution in [2.24, 2.45) is 5.92 Å². The molecule has 31 heavy (non-hydrogen) atoms. The summed E-state index contributed by atoms with van der Waals surface area (Å²) < 4.78 is 5.41. The first-order chi connectivity index (χ1) is 15.0. The Kier molecular flexibility index (Phi) is 6.64. The monoisotopic (exact) mass is 444 g/mol. The number of nitrogens with one attached hydrogen (secondary N) is 3. The van der Waals surface area contributed by atoms with Gasteiger partial charge in [-0.25, -0.2) is 15.4 Å². The largest absolute Gasteiger partial charge is 0.381 e. The molecule has 0 saturated carbocycles. The molecule has 10 heteroatoms. The molecule has 4 heterocycles. The summed E-state index contributed by atoms with van der Waals surface area (Å²) in [5.41, 5.74) is 4.16. The van der Waals surface area contributed by atoms with Crippen molar-refractivity contribution in [2.75, 3.05) is 37.4 Å². The summed E-state index contributed by atoms with van der Waals surface area (Å²) in [5, 5.41) is 7.88. The molecule has 2 amide bonds. The first kappa shape index (κ1) is 21.5. The number of amides is 2. The molecule has 9 nitrogen and oxygen atoms in total. The fraction of sp³-hybridized carbons (Fsp3) is 0.429. The number of hydrazine groups is 1. The number of rotatable bonds is 6. The minimum Gasteiger partial charge on any atom is -0.381 e. The molecule has 4 rings (SSSR count). The number of aromatic nitrogens is 2. The highest BCUT2D eigenvalue weighted by atomic mass is 35.5. The summed E-state index contributed by atoms with van der Waals surface area (Å²) in [7, 11) is 1.59. The zero-order valence-corrected chi connectivity index (χ0v) is 18.0. The van der Waals surface area contributed by atoms with Crippen LogP contribution in [0.2, 0.25) is 5.02 Å². The number of carbonyl (C=O) groups excluding carboxylic acids is 2. The van der Waals surface area contributed by atoms with Gasteiger partial charge in [0.1, 0.15) is 17.7 Å². The molecule has 0 bridgehead atoms. The van der Waals surface area contributed by atoms with Crippen LogP contribution in [0, 0.1) is 5.92 Å². The lowest BCUT2D eigenvalue weighted by molar-refractivity contribution is -0.128. The van der Waals surface area contributed by atoms with Gasteiger partial charge in [-0.05, 0) is 37.0 Å². The van der Waals surface area contributed by atoms with Gasteiger partial charge in [-0.3, -0.25) is 14.6 Å². The molecule has 2 fully saturated rings. The molecule has 3 N–H and O–H groups in total. The van der Waals surface area contributed by atoms with Crippen LogP contribution >= 0.6 is 11.6 Å². The molecule has 164 valence electrons. The highest BCUT2D eigenvalue weighted by Gasteiger charge is 2.32. The second-order valence-corrected chi connectivity index (χ2v) is 8.13. The molecular weight excluding hydrogens is 420 g/mol. The number of carbonyl (C=O) groups is 2. The number of hydrogen-bond acceptors (Lipinski definition) is 7. The summed E-state index contributed by atoms with van der Waals surface area (Å²) in [5.74, 6) is 1.20. The predicted molar refractivity (Wildman–Crippen MR) is 117 cm³/mol. The van der Waals surface area contributed by atoms with Crippen LogP contribution in [0.5, 0.6) is 0 Å². The maximum absolute atomic E-state index is 12.5. The van der Waals surface area contributed by atoms with E-state index in [1.165, 1.54) is 11.2 Å². The number of anilines is 2. The van der Waals surface area contributed by atoms with Gasteiger partial charge in [0.25, 0.3) is 0 Å². The minimum atomic E-state index is -0.630. The van der Waals surface area contributed by atoms with Crippen molar-refractivity contribution >= 4 is 35.1 Å². The Morgan fingerprint density at radius 3 is 2.87 bits per heavy atom. The molecule has 0 spiro atoms. The van der Waals surface area contributed by atoms with Crippen LogP contribution in [0.1, 0.15) is 19.3 Å². The van der Waals surface area contributed by atoms with Crippen LogP contribution in [0.15, 0.2) is 30.5 Å². The van der Waals surface area contributed by atoms with E-state index in [1.54, 1.807) is 13.1 Å². The van der Waals surface area contributed by atoms with Gasteiger partial charge in [0.2, 0.25) is 11.8 Å². The Labute approximate surface area is 185 Å². The van der Waals surface area contributed by atoms with Gasteiger partial charge in [0, 0.05) is 38.6 Å². The van der Waals surface area contributed by atoms with E-state index in [4.69, 9.17) is 16.3 Å². The van der Waals surface area contributed by atoms with E-state index in [-0.39, 0.29) is 18.2 Å². The Morgan fingerprint density at radius 1 is 1.32 bits per heavy atom. The second-order valence-electron chi connectivity index (χ2n) is 7.72. The molecule has 2 aliphatic heterocycles. The van der Waals surface area contributed by atoms with Crippen LogP contribution in [0.4, 0.5) is 11.6 Å². The summed E-state index contributed by atoms with van der Waals surface area (Å²) >= 11 is 6.37. The summed E-state index contributed by atoms with van der Waals surface area (Å²) in [6, 6.07) is 6.74. The van der Waals surface area contributed by atoms with Crippen molar-refractivity contribution < 1.29 is 14.3 Å². The van der Waals surface area contributed by atoms with Crippen LogP contribution < -0.4 is 16.1 Å². The van der Waals surface area contributed by atoms with Gasteiger partial charge in [-0.2, -0.15) is 0 Å². The number of nitrogens with zero attached hydrogens (tertiary/aromatic N) is 3. The molecule has 2 aliphatic rings. The molecule has 0 radical (unpaired) electrons. The minimum absolute atomic E-state index is 0.102. The Bertz CT molecular complexity index is 966. The lowest BCUT2D eigenvalue weighted by Gasteiger charge is -2.22. The average Bonchev–Trinajstić information content (AvgIpc) is 3.13. The summed E-state index contributed by atoms with van der Waals surface area (Å²) in [4.78, 5) is 33.0. The topological polar surface area (TPSA) is 108 Å². The first-order valence-corrected chi connectivity index (χ1v) is 10.7. The Balaban J connectivity index is 1.45. The third-order valence-corrected chi connectivity index (χ3v) is 5.76. The average molecular weight is 445 g/mol. The third kappa shape index (κ3) is 5.30. The van der Waals surface area contributed by atoms with Crippen LogP contribution in [-0.4, -0.2) is 59.6 Å². The van der Waals surface area contributed by atoms with E-state index in [0.29, 0.717) is 28.0 Å². The van der Waals surface area contributed by atoms with Gasteiger partial charge < -0.3 is 15.4 Å². The lowest BCUT2D eigenvalue weighted by atomic mass is 10.0. The number of ether oxygens (including phenoxy) is 1. The standard InChI is InChI=1S/C21H25ClN6O3/c1-28-20(29)10-17(27-28)21(30)26-19-9-14(15(22)12-24-19)16-3-2-4-18(25-16)23-11-13-5-7-31-8-6-13/h2-4,9,12-13,17,27H,5-8,10-11H2,1H3,(H,23,25)(H,24,26,30). The number of pyridine rings is 2. The summed E-state index contributed by atoms with van der Waals surface area (Å²) in [6.07, 6.45) is 3.67. The highest BCUT2D eigenvalue weighted by molar-refractivity contribution is 6.33. The van der Waals surface area contributed by atoms with Crippen LogP contribution in [0.3, 0.4) is 0 Å². The van der Waals surface area contributed by atoms with Gasteiger partial charge in [-0.15, -0.1) is 0 Å². The zero-order valence-electron chi connectivity index (χ0n) is 17.2. The zero-order chi connectivity index (χ0) is 21.8. The number of hydrogen-bond donors (Lipinski definition) is 3. The highest BCUT2D eigenvalue weighted by Crippen LogP contribution is 2.29. The fourth-order valence-electron chi connectivity index (χ4n) is 3.61. The summed E-state index contributed by atoms with van der Waals surface area (Å²) in [6.45, 7) is 2.45. The lowest BCUT2D eigenvalue weighted by Crippen LogP contribution is -2.40. The molecule has 0 aliphatic carbocycles. The molecule has 0 aromatic carbocycles. The Morgan fingerprint density at radius 2 is 2.13 bits per heavy atom. The third-order valence-electron chi connectivity index (χ3n) is 5.46. The fourth-order valence-corrected chi connectivity index (χ4v) is 3.81. The molecular formula is C21H25ClN6O3. The van der Waals surface area contributed by atoms with E-state index in [9.17, 15) is 9.59 Å². The molecule has 1 unspecified atom stereocenters. The first-order valence-electron chi connectivity index (χ1n) is 10.3. The van der Waals surface area contributed by atoms with Crippen LogP contribution in [0.25, 0.3) is 11.3 Å². The second kappa shape index (κ2) is 9.59. The van der Waals surface area contributed by atoms with Gasteiger partial charge in [0.15, 0.2) is 0 Å². The van der Waals surface area contributed by atoms with E-state index >= 15 is 0 Å². The van der Waals surface area contributed by atoms with Crippen LogP contribution in [-0.2, 0) is 14.3 Å². The maximum Gasteiger partial charge on any atom is 0.245 e. The quantitative estimate of drug-likeness (QED) is 0.627. The van der Waals surface area contributed by atoms with Gasteiger partial charge in [0.05, 0.1) is 17.1 Å². The maximum atomic E-state index is 12.5. The predicted octanol–water partition coefficient (Wildman–Crippen LogP) is 2.31. The molecule has 2 saturated heterocycles. The number of halogens is 1. The van der Waals surface area contributed by atoms with Gasteiger partial charge in [-0.1, -0.05) is 17.7 Å². The van der Waals surface area contributed by atoms with Crippen molar-refractivity contribution in [2.45, 2.75) is 25.3 Å². The van der Waals surface area contributed by atoms with Crippen molar-refractivity contribution in [3.05, 3.63) is 35.5 Å². The van der Waals surface area contributed by atoms with Crippen molar-refractivity contribution in [1.29, 1.82) is 0 Å². The van der Waals surface area contributed by atoms with Crippen molar-refractivity contribution in [1.82, 2.24) is 20.4 Å². The van der Waals surface area contributed by atoms with E-state index < -0.39 is 6.04 Å². The molecule has 2 aromatic heterocycles. The molecule has 1 atom stereocenters. The van der Waals surface area contributed by atoms with E-state index in [1.807, 2.05) is 18.2 Å².